The normalized spacial score (nSPS) is 37.3. The Morgan fingerprint density at radius 3 is 2.33 bits per heavy atom. The molecule has 0 aromatic rings. The predicted molar refractivity (Wildman–Crippen MR) is 56.4 cm³/mol. The van der Waals surface area contributed by atoms with Gasteiger partial charge >= 0.3 is 0 Å². The molecule has 0 bridgehead atoms. The predicted octanol–water partition coefficient (Wildman–Crippen LogP) is 2.00. The molecule has 1 saturated heterocycles. The number of carbonyl (C=O) groups excluding carboxylic acids is 1. The van der Waals surface area contributed by atoms with Crippen molar-refractivity contribution in [3.8, 4) is 0 Å². The Morgan fingerprint density at radius 2 is 1.87 bits per heavy atom. The lowest BCUT2D eigenvalue weighted by Gasteiger charge is -2.56. The molecule has 1 aliphatic heterocycles. The van der Waals surface area contributed by atoms with Crippen LogP contribution in [0.4, 0.5) is 0 Å². The summed E-state index contributed by atoms with van der Waals surface area (Å²) in [6, 6.07) is 0. The Kier molecular flexibility index (Phi) is 2.63. The molecular weight excluding hydrogens is 192 g/mol. The van der Waals surface area contributed by atoms with E-state index in [2.05, 4.69) is 13.8 Å². The molecular formula is C12H20O3. The maximum absolute atomic E-state index is 10.5. The zero-order valence-corrected chi connectivity index (χ0v) is 9.79. The van der Waals surface area contributed by atoms with Crippen molar-refractivity contribution in [1.82, 2.24) is 0 Å². The van der Waals surface area contributed by atoms with Crippen LogP contribution in [0, 0.1) is 17.3 Å². The zero-order valence-electron chi connectivity index (χ0n) is 9.79. The van der Waals surface area contributed by atoms with Crippen molar-refractivity contribution in [2.24, 2.45) is 17.3 Å². The smallest absolute Gasteiger partial charge is 0.169 e. The fraction of sp³-hybridized carbons (Fsp3) is 0.917. The summed E-state index contributed by atoms with van der Waals surface area (Å²) in [5, 5.41) is 0. The molecule has 15 heavy (non-hydrogen) atoms. The van der Waals surface area contributed by atoms with Crippen molar-refractivity contribution in [3.05, 3.63) is 0 Å². The van der Waals surface area contributed by atoms with E-state index < -0.39 is 5.79 Å². The van der Waals surface area contributed by atoms with Crippen molar-refractivity contribution >= 4 is 6.29 Å². The van der Waals surface area contributed by atoms with Crippen molar-refractivity contribution in [2.75, 3.05) is 13.2 Å². The molecule has 0 amide bonds. The molecule has 0 radical (unpaired) electrons. The molecule has 1 saturated carbocycles. The molecule has 2 rings (SSSR count). The van der Waals surface area contributed by atoms with Gasteiger partial charge in [-0.25, -0.2) is 0 Å². The van der Waals surface area contributed by atoms with Crippen LogP contribution in [0.25, 0.3) is 0 Å². The van der Waals surface area contributed by atoms with Crippen LogP contribution in [-0.2, 0) is 14.3 Å². The van der Waals surface area contributed by atoms with Crippen molar-refractivity contribution in [2.45, 2.75) is 39.4 Å². The van der Waals surface area contributed by atoms with Crippen LogP contribution in [0.1, 0.15) is 33.6 Å². The van der Waals surface area contributed by atoms with Crippen LogP contribution in [-0.4, -0.2) is 25.3 Å². The van der Waals surface area contributed by atoms with Crippen LogP contribution >= 0.6 is 0 Å². The van der Waals surface area contributed by atoms with E-state index in [9.17, 15) is 4.79 Å². The third-order valence-corrected chi connectivity index (χ3v) is 4.34. The Balaban J connectivity index is 2.05. The average Bonchev–Trinajstić information content (AvgIpc) is 2.59. The fourth-order valence-corrected chi connectivity index (χ4v) is 3.15. The fourth-order valence-electron chi connectivity index (χ4n) is 3.15. The summed E-state index contributed by atoms with van der Waals surface area (Å²) in [4.78, 5) is 10.5. The zero-order chi connectivity index (χ0) is 11.1. The van der Waals surface area contributed by atoms with Crippen LogP contribution in [0.2, 0.25) is 0 Å². The molecule has 2 aliphatic rings. The van der Waals surface area contributed by atoms with Gasteiger partial charge in [0.2, 0.25) is 0 Å². The van der Waals surface area contributed by atoms with E-state index in [1.54, 1.807) is 0 Å². The van der Waals surface area contributed by atoms with Gasteiger partial charge in [-0.1, -0.05) is 13.8 Å². The summed E-state index contributed by atoms with van der Waals surface area (Å²) in [5.41, 5.74) is 0.153. The molecule has 2 atom stereocenters. The highest BCUT2D eigenvalue weighted by Crippen LogP contribution is 2.58. The summed E-state index contributed by atoms with van der Waals surface area (Å²) in [5.74, 6) is 0.491. The highest BCUT2D eigenvalue weighted by molar-refractivity contribution is 5.50. The SMILES string of the molecule is CC1([C@H]2C[C@@H](CC=O)C2(C)C)OCCO1. The topological polar surface area (TPSA) is 35.5 Å². The van der Waals surface area contributed by atoms with Crippen LogP contribution in [0.3, 0.4) is 0 Å². The van der Waals surface area contributed by atoms with E-state index in [0.29, 0.717) is 31.5 Å². The monoisotopic (exact) mass is 212 g/mol. The van der Waals surface area contributed by atoms with Gasteiger partial charge in [0.25, 0.3) is 0 Å². The van der Waals surface area contributed by atoms with E-state index in [1.165, 1.54) is 0 Å². The molecule has 3 nitrogen and oxygen atoms in total. The number of ether oxygens (including phenoxy) is 2. The lowest BCUT2D eigenvalue weighted by molar-refractivity contribution is -0.252. The number of carbonyl (C=O) groups is 1. The molecule has 0 aromatic carbocycles. The average molecular weight is 212 g/mol. The highest BCUT2D eigenvalue weighted by atomic mass is 16.7. The van der Waals surface area contributed by atoms with E-state index in [1.807, 2.05) is 6.92 Å². The van der Waals surface area contributed by atoms with Crippen molar-refractivity contribution in [3.63, 3.8) is 0 Å². The molecule has 3 heteroatoms. The Bertz CT molecular complexity index is 254. The third-order valence-electron chi connectivity index (χ3n) is 4.34. The number of rotatable bonds is 3. The van der Waals surface area contributed by atoms with Crippen molar-refractivity contribution < 1.29 is 14.3 Å². The quantitative estimate of drug-likeness (QED) is 0.671. The molecule has 0 aromatic heterocycles. The van der Waals surface area contributed by atoms with E-state index >= 15 is 0 Å². The van der Waals surface area contributed by atoms with Gasteiger partial charge in [0.05, 0.1) is 13.2 Å². The Labute approximate surface area is 91.1 Å². The van der Waals surface area contributed by atoms with Gasteiger partial charge in [-0.3, -0.25) is 0 Å². The van der Waals surface area contributed by atoms with Gasteiger partial charge in [-0.2, -0.15) is 0 Å². The lowest BCUT2D eigenvalue weighted by atomic mass is 9.51. The summed E-state index contributed by atoms with van der Waals surface area (Å²) in [6.07, 6.45) is 2.74. The van der Waals surface area contributed by atoms with Gasteiger partial charge in [-0.15, -0.1) is 0 Å². The Hall–Kier alpha value is -0.410. The first-order valence-electron chi connectivity index (χ1n) is 5.72. The van der Waals surface area contributed by atoms with Crippen LogP contribution < -0.4 is 0 Å². The maximum Gasteiger partial charge on any atom is 0.169 e. The summed E-state index contributed by atoms with van der Waals surface area (Å²) in [6.45, 7) is 7.85. The molecule has 86 valence electrons. The summed E-state index contributed by atoms with van der Waals surface area (Å²) in [7, 11) is 0. The number of hydrogen-bond donors (Lipinski definition) is 0. The number of aldehydes is 1. The van der Waals surface area contributed by atoms with Gasteiger partial charge in [0.1, 0.15) is 6.29 Å². The van der Waals surface area contributed by atoms with E-state index in [0.717, 1.165) is 12.7 Å². The number of hydrogen-bond acceptors (Lipinski definition) is 3. The van der Waals surface area contributed by atoms with Crippen LogP contribution in [0.5, 0.6) is 0 Å². The first-order chi connectivity index (χ1) is 7.00. The second-order valence-electron chi connectivity index (χ2n) is 5.42. The minimum absolute atomic E-state index is 0.153. The molecule has 0 N–H and O–H groups in total. The van der Waals surface area contributed by atoms with Gasteiger partial charge < -0.3 is 14.3 Å². The summed E-state index contributed by atoms with van der Waals surface area (Å²) < 4.78 is 11.4. The second-order valence-corrected chi connectivity index (χ2v) is 5.42. The van der Waals surface area contributed by atoms with Gasteiger partial charge in [0, 0.05) is 12.3 Å². The van der Waals surface area contributed by atoms with E-state index in [4.69, 9.17) is 9.47 Å². The van der Waals surface area contributed by atoms with Crippen molar-refractivity contribution in [1.29, 1.82) is 0 Å². The third kappa shape index (κ3) is 1.62. The first-order valence-corrected chi connectivity index (χ1v) is 5.72. The van der Waals surface area contributed by atoms with E-state index in [-0.39, 0.29) is 5.41 Å². The van der Waals surface area contributed by atoms with Gasteiger partial charge in [0.15, 0.2) is 5.79 Å². The summed E-state index contributed by atoms with van der Waals surface area (Å²) >= 11 is 0. The molecule has 2 fully saturated rings. The molecule has 1 heterocycles. The highest BCUT2D eigenvalue weighted by Gasteiger charge is 2.57. The molecule has 0 unspecified atom stereocenters. The Morgan fingerprint density at radius 1 is 1.27 bits per heavy atom. The minimum Gasteiger partial charge on any atom is -0.348 e. The van der Waals surface area contributed by atoms with Gasteiger partial charge in [-0.05, 0) is 24.7 Å². The van der Waals surface area contributed by atoms with Crippen LogP contribution in [0.15, 0.2) is 0 Å². The molecule has 0 spiro atoms. The maximum atomic E-state index is 10.5. The molecule has 1 aliphatic carbocycles. The first kappa shape index (κ1) is 11.1. The second kappa shape index (κ2) is 3.56. The standard InChI is InChI=1S/C12H20O3/c1-11(2)9(4-5-13)8-10(11)12(3)14-6-7-15-12/h5,9-10H,4,6-8H2,1-3H3/t9-,10+/m1/s1. The largest absolute Gasteiger partial charge is 0.348 e. The lowest BCUT2D eigenvalue weighted by Crippen LogP contribution is -2.56. The minimum atomic E-state index is -0.414.